The SMILES string of the molecule is CCC(CC)C(=O)/C=C(\O)C(CC)CC.Cc1[c-]c(-c2nccc3c(C)c(-c4ccc(C(C)(C)C)cc4C(C)(C)C)sc23)cc(C)c1.[Ir]. The Kier molecular flexibility index (Phi) is 15.0. The zero-order valence-electron chi connectivity index (χ0n) is 31.6. The van der Waals surface area contributed by atoms with Crippen LogP contribution >= 0.6 is 11.3 Å². The van der Waals surface area contributed by atoms with Crippen LogP contribution in [-0.4, -0.2) is 15.9 Å². The van der Waals surface area contributed by atoms with Gasteiger partial charge in [-0.1, -0.05) is 101 Å². The van der Waals surface area contributed by atoms with E-state index >= 15 is 0 Å². The summed E-state index contributed by atoms with van der Waals surface area (Å²) in [5, 5.41) is 11.1. The molecular formula is C43H58IrNO2S-. The van der Waals surface area contributed by atoms with Gasteiger partial charge >= 0.3 is 0 Å². The molecule has 263 valence electrons. The molecule has 0 fully saturated rings. The fourth-order valence-electron chi connectivity index (χ4n) is 6.23. The third-order valence-corrected chi connectivity index (χ3v) is 10.6. The van der Waals surface area contributed by atoms with E-state index in [0.29, 0.717) is 0 Å². The standard InChI is InChI=1S/C30H34NS.C13H24O2.Ir/c1-18-14-19(2)16-21(15-18)26-28-23(12-13-31-26)20(3)27(32-28)24-11-10-22(29(4,5)6)17-25(24)30(7,8)9;1-5-10(6-2)12(14)9-13(15)11(7-3)8-4;/h10-15,17H,1-9H3;9-11,14H,5-8H2,1-4H3;/q-1;;/b;12-9-;. The van der Waals surface area contributed by atoms with Gasteiger partial charge in [-0.05, 0) is 77.1 Å². The molecule has 1 N–H and O–H groups in total. The Balaban J connectivity index is 0.000000427. The number of aromatic nitrogens is 1. The van der Waals surface area contributed by atoms with E-state index in [0.717, 1.165) is 42.5 Å². The normalized spacial score (nSPS) is 12.3. The fraction of sp³-hybridized carbons (Fsp3) is 0.488. The quantitative estimate of drug-likeness (QED) is 0.104. The number of allylic oxidation sites excluding steroid dienone is 2. The molecule has 0 aliphatic rings. The molecule has 0 amide bonds. The predicted octanol–water partition coefficient (Wildman–Crippen LogP) is 12.8. The number of thiophene rings is 1. The third kappa shape index (κ3) is 9.99. The van der Waals surface area contributed by atoms with Gasteiger partial charge in [-0.3, -0.25) is 4.79 Å². The van der Waals surface area contributed by atoms with E-state index in [1.165, 1.54) is 48.9 Å². The molecule has 0 unspecified atom stereocenters. The number of hydrogen-bond donors (Lipinski definition) is 1. The van der Waals surface area contributed by atoms with Gasteiger partial charge in [-0.25, -0.2) is 0 Å². The van der Waals surface area contributed by atoms with E-state index in [2.05, 4.69) is 105 Å². The van der Waals surface area contributed by atoms with Crippen molar-refractivity contribution in [2.75, 3.05) is 0 Å². The Morgan fingerprint density at radius 3 is 2.00 bits per heavy atom. The summed E-state index contributed by atoms with van der Waals surface area (Å²) >= 11 is 1.87. The molecule has 0 saturated heterocycles. The number of carbonyl (C=O) groups is 1. The maximum atomic E-state index is 11.7. The maximum Gasteiger partial charge on any atom is 0.162 e. The second kappa shape index (κ2) is 17.4. The van der Waals surface area contributed by atoms with Gasteiger partial charge in [0.15, 0.2) is 5.78 Å². The number of benzene rings is 2. The van der Waals surface area contributed by atoms with Gasteiger partial charge in [0.05, 0.1) is 5.76 Å². The molecule has 48 heavy (non-hydrogen) atoms. The minimum Gasteiger partial charge on any atom is -0.512 e. The molecule has 2 aromatic carbocycles. The van der Waals surface area contributed by atoms with Crippen molar-refractivity contribution in [3.05, 3.63) is 88.3 Å². The van der Waals surface area contributed by atoms with Crippen LogP contribution in [0, 0.1) is 38.7 Å². The molecule has 1 radical (unpaired) electrons. The monoisotopic (exact) mass is 845 g/mol. The van der Waals surface area contributed by atoms with Crippen molar-refractivity contribution in [2.45, 2.75) is 127 Å². The Bertz CT molecular complexity index is 1690. The number of aryl methyl sites for hydroxylation is 3. The van der Waals surface area contributed by atoms with E-state index in [9.17, 15) is 9.90 Å². The van der Waals surface area contributed by atoms with E-state index < -0.39 is 0 Å². The van der Waals surface area contributed by atoms with Crippen LogP contribution in [0.15, 0.2) is 54.4 Å². The number of nitrogens with zero attached hydrogens (tertiary/aromatic N) is 1. The number of carbonyl (C=O) groups excluding carboxylic acids is 1. The molecule has 2 heterocycles. The van der Waals surface area contributed by atoms with Crippen molar-refractivity contribution in [1.29, 1.82) is 0 Å². The van der Waals surface area contributed by atoms with Crippen molar-refractivity contribution >= 4 is 27.2 Å². The Morgan fingerprint density at radius 2 is 1.48 bits per heavy atom. The summed E-state index contributed by atoms with van der Waals surface area (Å²) in [5.74, 6) is 0.547. The average molecular weight is 845 g/mol. The van der Waals surface area contributed by atoms with Crippen LogP contribution in [0.25, 0.3) is 31.8 Å². The summed E-state index contributed by atoms with van der Waals surface area (Å²) in [7, 11) is 0. The molecule has 0 spiro atoms. The van der Waals surface area contributed by atoms with Gasteiger partial charge in [0.25, 0.3) is 0 Å². The Morgan fingerprint density at radius 1 is 0.875 bits per heavy atom. The van der Waals surface area contributed by atoms with Gasteiger partial charge in [0.2, 0.25) is 0 Å². The number of hydrogen-bond acceptors (Lipinski definition) is 4. The number of rotatable bonds is 9. The topological polar surface area (TPSA) is 50.2 Å². The maximum absolute atomic E-state index is 11.7. The molecule has 2 aromatic heterocycles. The molecule has 0 atom stereocenters. The first-order chi connectivity index (χ1) is 22.0. The summed E-state index contributed by atoms with van der Waals surface area (Å²) in [5.41, 5.74) is 10.2. The number of aliphatic hydroxyl groups is 1. The molecular weight excluding hydrogens is 787 g/mol. The first-order valence-electron chi connectivity index (χ1n) is 17.4. The molecule has 0 saturated carbocycles. The van der Waals surface area contributed by atoms with E-state index in [1.54, 1.807) is 0 Å². The number of fused-ring (bicyclic) bond motifs is 1. The van der Waals surface area contributed by atoms with Crippen LogP contribution < -0.4 is 0 Å². The summed E-state index contributed by atoms with van der Waals surface area (Å²) in [6.07, 6.45) is 6.85. The predicted molar refractivity (Wildman–Crippen MR) is 205 cm³/mol. The zero-order chi connectivity index (χ0) is 35.3. The van der Waals surface area contributed by atoms with Crippen molar-refractivity contribution in [3.8, 4) is 21.7 Å². The molecule has 0 bridgehead atoms. The first kappa shape index (κ1) is 41.6. The van der Waals surface area contributed by atoms with Crippen LogP contribution in [0.1, 0.15) is 123 Å². The van der Waals surface area contributed by atoms with Gasteiger partial charge in [0.1, 0.15) is 0 Å². The van der Waals surface area contributed by atoms with Crippen molar-refractivity contribution in [1.82, 2.24) is 4.98 Å². The smallest absolute Gasteiger partial charge is 0.162 e. The second-order valence-corrected chi connectivity index (χ2v) is 16.1. The third-order valence-electron chi connectivity index (χ3n) is 9.28. The summed E-state index contributed by atoms with van der Waals surface area (Å²) < 4.78 is 1.25. The van der Waals surface area contributed by atoms with Crippen LogP contribution in [0.2, 0.25) is 0 Å². The van der Waals surface area contributed by atoms with Crippen molar-refractivity contribution < 1.29 is 30.0 Å². The van der Waals surface area contributed by atoms with Crippen LogP contribution in [-0.2, 0) is 35.7 Å². The van der Waals surface area contributed by atoms with Gasteiger partial charge < -0.3 is 10.1 Å². The van der Waals surface area contributed by atoms with Crippen LogP contribution in [0.3, 0.4) is 0 Å². The Labute approximate surface area is 309 Å². The molecule has 0 aliphatic carbocycles. The summed E-state index contributed by atoms with van der Waals surface area (Å²) in [6.45, 7) is 28.4. The minimum atomic E-state index is 0. The largest absolute Gasteiger partial charge is 0.512 e. The van der Waals surface area contributed by atoms with Crippen LogP contribution in [0.4, 0.5) is 0 Å². The molecule has 0 aliphatic heterocycles. The van der Waals surface area contributed by atoms with E-state index in [-0.39, 0.29) is 54.3 Å². The molecule has 5 heteroatoms. The average Bonchev–Trinajstić information content (AvgIpc) is 3.33. The molecule has 4 aromatic rings. The first-order valence-corrected chi connectivity index (χ1v) is 18.3. The van der Waals surface area contributed by atoms with E-state index in [1.807, 2.05) is 45.2 Å². The molecule has 4 rings (SSSR count). The van der Waals surface area contributed by atoms with Crippen LogP contribution in [0.5, 0.6) is 0 Å². The van der Waals surface area contributed by atoms with Crippen molar-refractivity contribution in [3.63, 3.8) is 0 Å². The summed E-state index contributed by atoms with van der Waals surface area (Å²) in [4.78, 5) is 17.9. The van der Waals surface area contributed by atoms with E-state index in [4.69, 9.17) is 4.98 Å². The zero-order valence-corrected chi connectivity index (χ0v) is 34.9. The number of aliphatic hydroxyl groups excluding tert-OH is 1. The van der Waals surface area contributed by atoms with Gasteiger partial charge in [-0.2, -0.15) is 0 Å². The van der Waals surface area contributed by atoms with Gasteiger partial charge in [-0.15, -0.1) is 46.2 Å². The second-order valence-electron chi connectivity index (χ2n) is 15.1. The fourth-order valence-corrected chi connectivity index (χ4v) is 7.57. The molecule has 3 nitrogen and oxygen atoms in total. The van der Waals surface area contributed by atoms with Crippen molar-refractivity contribution in [2.24, 2.45) is 11.8 Å². The number of ketones is 1. The summed E-state index contributed by atoms with van der Waals surface area (Å²) in [6, 6.07) is 17.1. The number of pyridine rings is 1. The van der Waals surface area contributed by atoms with Gasteiger partial charge in [0, 0.05) is 59.5 Å². The Hall–Kier alpha value is -2.59. The minimum absolute atomic E-state index is 0.